The second kappa shape index (κ2) is 10.2. The fraction of sp³-hybridized carbons (Fsp3) is 0.286. The van der Waals surface area contributed by atoms with Crippen LogP contribution < -0.4 is 5.32 Å². The highest BCUT2D eigenvalue weighted by molar-refractivity contribution is 8.01. The van der Waals surface area contributed by atoms with Gasteiger partial charge in [0.1, 0.15) is 24.9 Å². The van der Waals surface area contributed by atoms with Crippen LogP contribution in [0.2, 0.25) is 0 Å². The molecular weight excluding hydrogens is 462 g/mol. The van der Waals surface area contributed by atoms with Crippen LogP contribution in [0.15, 0.2) is 91.0 Å². The van der Waals surface area contributed by atoms with Gasteiger partial charge in [0.05, 0.1) is 16.7 Å². The van der Waals surface area contributed by atoms with Crippen LogP contribution in [0.1, 0.15) is 23.6 Å². The van der Waals surface area contributed by atoms with E-state index in [2.05, 4.69) is 41.7 Å². The second-order valence-electron chi connectivity index (χ2n) is 8.62. The summed E-state index contributed by atoms with van der Waals surface area (Å²) < 4.78 is 16.1. The molecule has 4 atom stereocenters. The van der Waals surface area contributed by atoms with E-state index in [4.69, 9.17) is 14.2 Å². The maximum absolute atomic E-state index is 12.9. The number of hydrogen-bond acceptors (Lipinski definition) is 6. The van der Waals surface area contributed by atoms with Crippen LogP contribution in [0.4, 0.5) is 0 Å². The number of thioether (sulfide) groups is 1. The average molecular weight is 490 g/mol. The highest BCUT2D eigenvalue weighted by atomic mass is 32.2. The summed E-state index contributed by atoms with van der Waals surface area (Å²) in [6.45, 7) is 1.75. The van der Waals surface area contributed by atoms with Crippen LogP contribution >= 0.6 is 11.8 Å². The largest absolute Gasteiger partial charge is 0.459 e. The molecule has 1 N–H and O–H groups in total. The predicted octanol–water partition coefficient (Wildman–Crippen LogP) is 4.09. The molecule has 0 aromatic heterocycles. The Morgan fingerprint density at radius 2 is 1.46 bits per heavy atom. The van der Waals surface area contributed by atoms with Gasteiger partial charge in [0.2, 0.25) is 5.91 Å². The molecule has 6 nitrogen and oxygen atoms in total. The Labute approximate surface area is 209 Å². The van der Waals surface area contributed by atoms with E-state index in [1.54, 1.807) is 11.8 Å². The fourth-order valence-electron chi connectivity index (χ4n) is 4.81. The highest BCUT2D eigenvalue weighted by Gasteiger charge is 2.54. The highest BCUT2D eigenvalue weighted by Crippen LogP contribution is 2.52. The zero-order chi connectivity index (χ0) is 24.3. The maximum atomic E-state index is 12.9. The molecule has 0 saturated carbocycles. The number of rotatable bonds is 8. The van der Waals surface area contributed by atoms with Crippen molar-refractivity contribution >= 4 is 23.6 Å². The monoisotopic (exact) mass is 489 g/mol. The van der Waals surface area contributed by atoms with Crippen LogP contribution in [0.25, 0.3) is 0 Å². The number of nitrogens with one attached hydrogen (secondary N) is 1. The van der Waals surface area contributed by atoms with Gasteiger partial charge < -0.3 is 19.5 Å². The van der Waals surface area contributed by atoms with Crippen molar-refractivity contribution in [2.45, 2.75) is 29.3 Å². The lowest BCUT2D eigenvalue weighted by atomic mass is 9.84. The van der Waals surface area contributed by atoms with Crippen molar-refractivity contribution in [3.63, 3.8) is 0 Å². The molecule has 7 heteroatoms. The minimum absolute atomic E-state index is 0.122. The third kappa shape index (κ3) is 4.59. The molecule has 0 aliphatic carbocycles. The number of carbonyl (C=O) groups is 2. The summed E-state index contributed by atoms with van der Waals surface area (Å²) in [6.07, 6.45) is -1.22. The van der Waals surface area contributed by atoms with Gasteiger partial charge in [0.15, 0.2) is 0 Å². The fourth-order valence-corrected chi connectivity index (χ4v) is 6.61. The summed E-state index contributed by atoms with van der Waals surface area (Å²) in [6, 6.07) is 30.8. The zero-order valence-corrected chi connectivity index (χ0v) is 20.1. The summed E-state index contributed by atoms with van der Waals surface area (Å²) in [5.74, 6) is -1.19. The maximum Gasteiger partial charge on any atom is 0.303 e. The molecule has 2 heterocycles. The molecule has 2 aliphatic heterocycles. The number of benzene rings is 3. The van der Waals surface area contributed by atoms with Crippen molar-refractivity contribution in [1.82, 2.24) is 5.32 Å². The van der Waals surface area contributed by atoms with Gasteiger partial charge in [0.25, 0.3) is 0 Å². The first-order chi connectivity index (χ1) is 17.1. The minimum Gasteiger partial charge on any atom is -0.459 e. The number of esters is 1. The number of hydrogen-bond donors (Lipinski definition) is 1. The predicted molar refractivity (Wildman–Crippen MR) is 133 cm³/mol. The van der Waals surface area contributed by atoms with Gasteiger partial charge in [-0.05, 0) is 16.7 Å². The van der Waals surface area contributed by atoms with Gasteiger partial charge in [0, 0.05) is 6.92 Å². The van der Waals surface area contributed by atoms with Gasteiger partial charge in [-0.3, -0.25) is 9.59 Å². The van der Waals surface area contributed by atoms with Gasteiger partial charge in [-0.25, -0.2) is 0 Å². The van der Waals surface area contributed by atoms with Crippen molar-refractivity contribution in [2.75, 3.05) is 13.4 Å². The van der Waals surface area contributed by atoms with E-state index in [1.807, 2.05) is 54.6 Å². The second-order valence-corrected chi connectivity index (χ2v) is 9.98. The van der Waals surface area contributed by atoms with Crippen LogP contribution in [-0.4, -0.2) is 42.9 Å². The molecule has 1 amide bonds. The van der Waals surface area contributed by atoms with E-state index in [9.17, 15) is 9.59 Å². The molecule has 2 fully saturated rings. The lowest BCUT2D eigenvalue weighted by molar-refractivity contribution is -0.164. The number of ether oxygens (including phenoxy) is 3. The van der Waals surface area contributed by atoms with Crippen LogP contribution in [0.5, 0.6) is 0 Å². The molecule has 35 heavy (non-hydrogen) atoms. The van der Waals surface area contributed by atoms with Crippen LogP contribution in [0.3, 0.4) is 0 Å². The van der Waals surface area contributed by atoms with Crippen LogP contribution in [0, 0.1) is 5.92 Å². The normalized spacial score (nSPS) is 22.7. The molecule has 0 spiro atoms. The van der Waals surface area contributed by atoms with Gasteiger partial charge >= 0.3 is 5.97 Å². The summed E-state index contributed by atoms with van der Waals surface area (Å²) in [7, 11) is 0. The van der Waals surface area contributed by atoms with Crippen molar-refractivity contribution in [3.05, 3.63) is 108 Å². The molecule has 3 aromatic carbocycles. The first kappa shape index (κ1) is 23.6. The Balaban J connectivity index is 1.60. The summed E-state index contributed by atoms with van der Waals surface area (Å²) in [5, 5.41) is 2.75. The molecule has 2 saturated heterocycles. The van der Waals surface area contributed by atoms with E-state index in [0.717, 1.165) is 16.7 Å². The lowest BCUT2D eigenvalue weighted by Gasteiger charge is -2.46. The average Bonchev–Trinajstić information content (AvgIpc) is 3.42. The standard InChI is InChI=1S/C28H27NO5S/c1-19(30)34-25(23-17-32-18-33-23)24-26(31)29-27(24)35-28(20-11-5-2-6-12-20,21-13-7-3-8-14-21)22-15-9-4-10-16-22/h2-16,23-25,27H,17-18H2,1H3,(H,29,31)/t23?,24-,25?,27+/m0/s1. The number of carbonyl (C=O) groups excluding carboxylic acids is 2. The quantitative estimate of drug-likeness (QED) is 0.292. The van der Waals surface area contributed by atoms with Crippen LogP contribution in [-0.2, 0) is 28.5 Å². The molecule has 2 unspecified atom stereocenters. The van der Waals surface area contributed by atoms with E-state index in [1.165, 1.54) is 6.92 Å². The third-order valence-electron chi connectivity index (χ3n) is 6.43. The van der Waals surface area contributed by atoms with E-state index < -0.39 is 28.8 Å². The molecule has 5 rings (SSSR count). The molecule has 180 valence electrons. The summed E-state index contributed by atoms with van der Waals surface area (Å²) in [5.41, 5.74) is 3.27. The Morgan fingerprint density at radius 1 is 0.943 bits per heavy atom. The zero-order valence-electron chi connectivity index (χ0n) is 19.3. The first-order valence-electron chi connectivity index (χ1n) is 11.6. The molecular formula is C28H27NO5S. The molecule has 0 radical (unpaired) electrons. The summed E-state index contributed by atoms with van der Waals surface area (Å²) in [4.78, 5) is 24.9. The Bertz CT molecular complexity index is 1060. The van der Waals surface area contributed by atoms with E-state index in [-0.39, 0.29) is 24.7 Å². The Kier molecular flexibility index (Phi) is 6.90. The van der Waals surface area contributed by atoms with Crippen molar-refractivity contribution in [1.29, 1.82) is 0 Å². The van der Waals surface area contributed by atoms with Crippen molar-refractivity contribution < 1.29 is 23.8 Å². The topological polar surface area (TPSA) is 73.9 Å². The smallest absolute Gasteiger partial charge is 0.303 e. The molecule has 3 aromatic rings. The summed E-state index contributed by atoms with van der Waals surface area (Å²) >= 11 is 1.64. The lowest BCUT2D eigenvalue weighted by Crippen LogP contribution is -2.64. The molecule has 2 aliphatic rings. The van der Waals surface area contributed by atoms with E-state index in [0.29, 0.717) is 0 Å². The third-order valence-corrected chi connectivity index (χ3v) is 8.15. The van der Waals surface area contributed by atoms with Crippen molar-refractivity contribution in [2.24, 2.45) is 5.92 Å². The number of amides is 1. The Morgan fingerprint density at radius 3 is 1.86 bits per heavy atom. The van der Waals surface area contributed by atoms with E-state index >= 15 is 0 Å². The minimum atomic E-state index is -0.735. The van der Waals surface area contributed by atoms with Gasteiger partial charge in [-0.15, -0.1) is 11.8 Å². The first-order valence-corrected chi connectivity index (χ1v) is 12.5. The SMILES string of the molecule is CC(=O)OC(C1COCO1)[C@H]1C(=O)N[C@@H]1SC(c1ccccc1)(c1ccccc1)c1ccccc1. The van der Waals surface area contributed by atoms with Gasteiger partial charge in [-0.1, -0.05) is 91.0 Å². The Hall–Kier alpha value is -3.13. The number of β-lactam (4-membered cyclic amide) rings is 1. The van der Waals surface area contributed by atoms with Crippen molar-refractivity contribution in [3.8, 4) is 0 Å². The molecule has 0 bridgehead atoms. The van der Waals surface area contributed by atoms with Gasteiger partial charge in [-0.2, -0.15) is 0 Å².